The zero-order valence-electron chi connectivity index (χ0n) is 21.4. The fraction of sp³-hybridized carbons (Fsp3) is 0.200. The predicted octanol–water partition coefficient (Wildman–Crippen LogP) is 6.02. The molecule has 5 rings (SSSR count). The number of aliphatic hydroxyl groups is 1. The summed E-state index contributed by atoms with van der Waals surface area (Å²) < 4.78 is 22.5. The van der Waals surface area contributed by atoms with E-state index in [2.05, 4.69) is 0 Å². The molecule has 1 unspecified atom stereocenters. The number of Topliss-reactive ketones (excluding diaryl/α,β-unsaturated/α-hetero) is 1. The number of fused-ring (bicyclic) bond motifs is 1. The molecule has 1 aliphatic heterocycles. The van der Waals surface area contributed by atoms with Crippen molar-refractivity contribution in [2.24, 2.45) is 0 Å². The van der Waals surface area contributed by atoms with Crippen LogP contribution < -0.4 is 19.1 Å². The SMILES string of the molecule is COc1ccccc1C1C(C(=O)c2cc3cccc(OC)c3o2)=C(O)C(=O)N1c1ccc(OC(C)C)cc1. The zero-order chi connectivity index (χ0) is 27.0. The summed E-state index contributed by atoms with van der Waals surface area (Å²) in [5.74, 6) is -0.450. The van der Waals surface area contributed by atoms with Crippen LogP contribution in [0.3, 0.4) is 0 Å². The molecule has 1 N–H and O–H groups in total. The van der Waals surface area contributed by atoms with Gasteiger partial charge in [-0.25, -0.2) is 0 Å². The second-order valence-electron chi connectivity index (χ2n) is 9.06. The van der Waals surface area contributed by atoms with Gasteiger partial charge in [-0.05, 0) is 56.3 Å². The van der Waals surface area contributed by atoms with E-state index in [1.165, 1.54) is 19.1 Å². The first-order chi connectivity index (χ1) is 18.3. The van der Waals surface area contributed by atoms with Gasteiger partial charge in [0.25, 0.3) is 5.91 Å². The third kappa shape index (κ3) is 4.24. The van der Waals surface area contributed by atoms with Crippen molar-refractivity contribution in [3.8, 4) is 17.2 Å². The molecule has 1 atom stereocenters. The monoisotopic (exact) mass is 513 g/mol. The number of methoxy groups -OCH3 is 2. The number of anilines is 1. The molecule has 0 saturated heterocycles. The Morgan fingerprint density at radius 1 is 0.947 bits per heavy atom. The van der Waals surface area contributed by atoms with Crippen molar-refractivity contribution >= 4 is 28.3 Å². The van der Waals surface area contributed by atoms with Crippen LogP contribution in [0.5, 0.6) is 17.2 Å². The van der Waals surface area contributed by atoms with Gasteiger partial charge in [0.05, 0.1) is 31.9 Å². The molecule has 2 heterocycles. The number of hydrogen-bond acceptors (Lipinski definition) is 7. The summed E-state index contributed by atoms with van der Waals surface area (Å²) in [5.41, 5.74) is 1.30. The lowest BCUT2D eigenvalue weighted by Crippen LogP contribution is -2.31. The minimum Gasteiger partial charge on any atom is -0.503 e. The first-order valence-electron chi connectivity index (χ1n) is 12.1. The summed E-state index contributed by atoms with van der Waals surface area (Å²) in [4.78, 5) is 28.8. The van der Waals surface area contributed by atoms with Crippen LogP contribution in [0, 0.1) is 0 Å². The van der Waals surface area contributed by atoms with Gasteiger partial charge in [-0.1, -0.05) is 30.3 Å². The summed E-state index contributed by atoms with van der Waals surface area (Å²) in [6, 6.07) is 19.9. The standard InChI is InChI=1S/C30H27NO7/c1-17(2)37-20-14-12-19(13-15-20)31-26(21-9-5-6-10-22(21)35-3)25(28(33)30(31)34)27(32)24-16-18-8-7-11-23(36-4)29(18)38-24/h5-17,26,33H,1-4H3. The highest BCUT2D eigenvalue weighted by Gasteiger charge is 2.46. The molecule has 194 valence electrons. The number of aliphatic hydroxyl groups excluding tert-OH is 1. The van der Waals surface area contributed by atoms with E-state index in [0.717, 1.165) is 0 Å². The Morgan fingerprint density at radius 3 is 2.32 bits per heavy atom. The lowest BCUT2D eigenvalue weighted by Gasteiger charge is -2.28. The molecule has 8 nitrogen and oxygen atoms in total. The highest BCUT2D eigenvalue weighted by molar-refractivity contribution is 6.20. The first kappa shape index (κ1) is 25.0. The van der Waals surface area contributed by atoms with Crippen LogP contribution in [-0.2, 0) is 4.79 Å². The summed E-state index contributed by atoms with van der Waals surface area (Å²) >= 11 is 0. The lowest BCUT2D eigenvalue weighted by atomic mass is 9.94. The highest BCUT2D eigenvalue weighted by Crippen LogP contribution is 2.45. The number of furan rings is 1. The number of carbonyl (C=O) groups is 2. The third-order valence-corrected chi connectivity index (χ3v) is 6.32. The van der Waals surface area contributed by atoms with Crippen LogP contribution in [0.1, 0.15) is 36.0 Å². The van der Waals surface area contributed by atoms with Crippen molar-refractivity contribution in [3.05, 3.63) is 95.5 Å². The second kappa shape index (κ2) is 9.97. The average molecular weight is 514 g/mol. The smallest absolute Gasteiger partial charge is 0.294 e. The predicted molar refractivity (Wildman–Crippen MR) is 142 cm³/mol. The number of benzene rings is 3. The van der Waals surface area contributed by atoms with Crippen molar-refractivity contribution in [3.63, 3.8) is 0 Å². The number of hydrogen-bond donors (Lipinski definition) is 1. The van der Waals surface area contributed by atoms with Crippen molar-refractivity contribution < 1.29 is 33.3 Å². The number of para-hydroxylation sites is 2. The molecular weight excluding hydrogens is 486 g/mol. The Hall–Kier alpha value is -4.72. The first-order valence-corrected chi connectivity index (χ1v) is 12.1. The summed E-state index contributed by atoms with van der Waals surface area (Å²) in [5, 5.41) is 11.8. The molecule has 0 saturated carbocycles. The van der Waals surface area contributed by atoms with Crippen LogP contribution >= 0.6 is 0 Å². The molecule has 0 radical (unpaired) electrons. The number of amides is 1. The Bertz CT molecular complexity index is 1550. The molecular formula is C30H27NO7. The number of nitrogens with zero attached hydrogens (tertiary/aromatic N) is 1. The Morgan fingerprint density at radius 2 is 1.63 bits per heavy atom. The van der Waals surface area contributed by atoms with Crippen molar-refractivity contribution in [1.29, 1.82) is 0 Å². The fourth-order valence-electron chi connectivity index (χ4n) is 4.69. The zero-order valence-corrected chi connectivity index (χ0v) is 21.4. The average Bonchev–Trinajstić information content (AvgIpc) is 3.47. The van der Waals surface area contributed by atoms with Crippen molar-refractivity contribution in [1.82, 2.24) is 0 Å². The van der Waals surface area contributed by atoms with Gasteiger partial charge in [0, 0.05) is 16.6 Å². The maximum Gasteiger partial charge on any atom is 0.294 e. The van der Waals surface area contributed by atoms with E-state index >= 15 is 0 Å². The second-order valence-corrected chi connectivity index (χ2v) is 9.06. The number of rotatable bonds is 8. The largest absolute Gasteiger partial charge is 0.503 e. The molecule has 3 aromatic carbocycles. The Kier molecular flexibility index (Phi) is 6.55. The van der Waals surface area contributed by atoms with Crippen LogP contribution in [-0.4, -0.2) is 37.1 Å². The van der Waals surface area contributed by atoms with Gasteiger partial charge in [0.1, 0.15) is 11.5 Å². The maximum atomic E-state index is 13.9. The van der Waals surface area contributed by atoms with Gasteiger partial charge in [-0.3, -0.25) is 14.5 Å². The van der Waals surface area contributed by atoms with Crippen molar-refractivity contribution in [2.45, 2.75) is 26.0 Å². The van der Waals surface area contributed by atoms with Gasteiger partial charge >= 0.3 is 0 Å². The summed E-state index contributed by atoms with van der Waals surface area (Å²) in [6.07, 6.45) is -0.0204. The van der Waals surface area contributed by atoms with Gasteiger partial charge in [0.2, 0.25) is 5.78 Å². The van der Waals surface area contributed by atoms with Gasteiger partial charge in [0.15, 0.2) is 22.9 Å². The van der Waals surface area contributed by atoms with E-state index in [-0.39, 0.29) is 17.4 Å². The van der Waals surface area contributed by atoms with Gasteiger partial charge in [-0.2, -0.15) is 0 Å². The molecule has 4 aromatic rings. The van der Waals surface area contributed by atoms with E-state index in [1.54, 1.807) is 72.8 Å². The van der Waals surface area contributed by atoms with Crippen LogP contribution in [0.2, 0.25) is 0 Å². The number of ketones is 1. The third-order valence-electron chi connectivity index (χ3n) is 6.32. The minimum absolute atomic E-state index is 0.0204. The minimum atomic E-state index is -0.974. The quantitative estimate of drug-likeness (QED) is 0.288. The molecule has 0 aliphatic carbocycles. The molecule has 0 fully saturated rings. The van der Waals surface area contributed by atoms with Gasteiger partial charge in [-0.15, -0.1) is 0 Å². The molecule has 8 heteroatoms. The van der Waals surface area contributed by atoms with E-state index in [1.807, 2.05) is 13.8 Å². The number of carbonyl (C=O) groups excluding carboxylic acids is 2. The van der Waals surface area contributed by atoms with Crippen LogP contribution in [0.15, 0.2) is 88.5 Å². The normalized spacial score (nSPS) is 15.4. The van der Waals surface area contributed by atoms with E-state index < -0.39 is 23.5 Å². The molecule has 0 spiro atoms. The fourth-order valence-corrected chi connectivity index (χ4v) is 4.69. The number of ether oxygens (including phenoxy) is 3. The molecule has 38 heavy (non-hydrogen) atoms. The topological polar surface area (TPSA) is 98.4 Å². The van der Waals surface area contributed by atoms with Crippen LogP contribution in [0.25, 0.3) is 11.0 Å². The molecule has 0 bridgehead atoms. The summed E-state index contributed by atoms with van der Waals surface area (Å²) in [6.45, 7) is 3.84. The molecule has 1 aliphatic rings. The van der Waals surface area contributed by atoms with Gasteiger partial charge < -0.3 is 23.7 Å². The van der Waals surface area contributed by atoms with E-state index in [9.17, 15) is 14.7 Å². The van der Waals surface area contributed by atoms with Crippen LogP contribution in [0.4, 0.5) is 5.69 Å². The Labute approximate surface area is 219 Å². The van der Waals surface area contributed by atoms with E-state index in [4.69, 9.17) is 18.6 Å². The lowest BCUT2D eigenvalue weighted by molar-refractivity contribution is -0.117. The molecule has 1 aromatic heterocycles. The summed E-state index contributed by atoms with van der Waals surface area (Å²) in [7, 11) is 3.02. The highest BCUT2D eigenvalue weighted by atomic mass is 16.5. The maximum absolute atomic E-state index is 13.9. The van der Waals surface area contributed by atoms with E-state index in [0.29, 0.717) is 39.5 Å². The van der Waals surface area contributed by atoms with Crippen molar-refractivity contribution in [2.75, 3.05) is 19.1 Å². The Balaban J connectivity index is 1.64. The molecule has 1 amide bonds.